The molecule has 0 aromatic heterocycles. The zero-order valence-corrected chi connectivity index (χ0v) is 15.1. The Morgan fingerprint density at radius 2 is 1.70 bits per heavy atom. The van der Waals surface area contributed by atoms with E-state index in [2.05, 4.69) is 5.32 Å². The number of halogens is 1. The van der Waals surface area contributed by atoms with E-state index in [1.165, 1.54) is 42.5 Å². The minimum absolute atomic E-state index is 0.180. The molecule has 7 nitrogen and oxygen atoms in total. The van der Waals surface area contributed by atoms with Crippen molar-refractivity contribution in [3.05, 3.63) is 64.2 Å². The third-order valence-corrected chi connectivity index (χ3v) is 4.15. The molecule has 0 aliphatic carbocycles. The molecule has 3 rings (SSSR count). The maximum Gasteiger partial charge on any atom is 0.338 e. The molecule has 3 amide bonds. The van der Waals surface area contributed by atoms with E-state index in [-0.39, 0.29) is 17.7 Å². The Morgan fingerprint density at radius 3 is 2.37 bits per heavy atom. The molecule has 0 saturated carbocycles. The smallest absolute Gasteiger partial charge is 0.338 e. The molecule has 0 bridgehead atoms. The molecule has 1 aliphatic heterocycles. The molecule has 8 heteroatoms. The van der Waals surface area contributed by atoms with Crippen LogP contribution in [0.3, 0.4) is 0 Å². The first-order chi connectivity index (χ1) is 12.9. The molecule has 0 spiro atoms. The minimum atomic E-state index is -0.565. The first-order valence-electron chi connectivity index (χ1n) is 8.13. The van der Waals surface area contributed by atoms with Crippen molar-refractivity contribution in [2.24, 2.45) is 0 Å². The molecular formula is C19H15ClN2O5. The summed E-state index contributed by atoms with van der Waals surface area (Å²) in [6.45, 7) is 1.55. The van der Waals surface area contributed by atoms with Crippen LogP contribution in [0.25, 0.3) is 0 Å². The Balaban J connectivity index is 1.65. The monoisotopic (exact) mass is 386 g/mol. The number of amides is 3. The Bertz CT molecular complexity index is 940. The number of hydrogen-bond acceptors (Lipinski definition) is 5. The highest BCUT2D eigenvalue weighted by Crippen LogP contribution is 2.25. The largest absolute Gasteiger partial charge is 0.462 e. The number of carbonyl (C=O) groups excluding carboxylic acids is 4. The lowest BCUT2D eigenvalue weighted by Crippen LogP contribution is -2.37. The molecule has 2 aromatic rings. The second-order valence-electron chi connectivity index (χ2n) is 5.73. The lowest BCUT2D eigenvalue weighted by Gasteiger charge is -2.13. The van der Waals surface area contributed by atoms with E-state index in [0.717, 1.165) is 4.90 Å². The van der Waals surface area contributed by atoms with Gasteiger partial charge in [-0.2, -0.15) is 0 Å². The van der Waals surface area contributed by atoms with Crippen LogP contribution in [0.1, 0.15) is 38.0 Å². The van der Waals surface area contributed by atoms with E-state index in [1.54, 1.807) is 6.92 Å². The van der Waals surface area contributed by atoms with Crippen molar-refractivity contribution in [2.45, 2.75) is 6.92 Å². The molecule has 2 aromatic carbocycles. The van der Waals surface area contributed by atoms with Gasteiger partial charge < -0.3 is 10.1 Å². The Morgan fingerprint density at radius 1 is 1.04 bits per heavy atom. The Hall–Kier alpha value is -3.19. The number of imide groups is 1. The number of esters is 1. The molecular weight excluding hydrogens is 372 g/mol. The van der Waals surface area contributed by atoms with E-state index in [1.807, 2.05) is 0 Å². The molecule has 0 saturated heterocycles. The van der Waals surface area contributed by atoms with Crippen molar-refractivity contribution in [1.82, 2.24) is 4.90 Å². The lowest BCUT2D eigenvalue weighted by molar-refractivity contribution is -0.116. The van der Waals surface area contributed by atoms with Crippen LogP contribution < -0.4 is 5.32 Å². The van der Waals surface area contributed by atoms with Gasteiger partial charge in [0.1, 0.15) is 6.54 Å². The average Bonchev–Trinajstić information content (AvgIpc) is 2.87. The van der Waals surface area contributed by atoms with Gasteiger partial charge in [0, 0.05) is 10.7 Å². The summed E-state index contributed by atoms with van der Waals surface area (Å²) in [5.74, 6) is -2.11. The van der Waals surface area contributed by atoms with Gasteiger partial charge in [0.15, 0.2) is 0 Å². The maximum absolute atomic E-state index is 12.3. The summed E-state index contributed by atoms with van der Waals surface area (Å²) in [5, 5.41) is 2.92. The fraction of sp³-hybridized carbons (Fsp3) is 0.158. The molecule has 138 valence electrons. The highest BCUT2D eigenvalue weighted by atomic mass is 35.5. The highest BCUT2D eigenvalue weighted by molar-refractivity contribution is 6.32. The number of fused-ring (bicyclic) bond motifs is 1. The van der Waals surface area contributed by atoms with E-state index in [9.17, 15) is 19.2 Å². The van der Waals surface area contributed by atoms with Gasteiger partial charge in [-0.05, 0) is 49.4 Å². The van der Waals surface area contributed by atoms with Crippen molar-refractivity contribution in [1.29, 1.82) is 0 Å². The van der Waals surface area contributed by atoms with Gasteiger partial charge in [-0.25, -0.2) is 4.79 Å². The number of ether oxygens (including phenoxy) is 1. The second-order valence-corrected chi connectivity index (χ2v) is 6.17. The summed E-state index contributed by atoms with van der Waals surface area (Å²) in [6.07, 6.45) is 0. The normalized spacial score (nSPS) is 12.7. The van der Waals surface area contributed by atoms with Crippen LogP contribution in [-0.2, 0) is 9.53 Å². The molecule has 1 heterocycles. The molecule has 1 N–H and O–H groups in total. The Labute approximate surface area is 159 Å². The summed E-state index contributed by atoms with van der Waals surface area (Å²) in [7, 11) is 0. The van der Waals surface area contributed by atoms with E-state index < -0.39 is 30.2 Å². The fourth-order valence-corrected chi connectivity index (χ4v) is 2.83. The second kappa shape index (κ2) is 7.59. The van der Waals surface area contributed by atoms with E-state index >= 15 is 0 Å². The fourth-order valence-electron chi connectivity index (χ4n) is 2.65. The average molecular weight is 387 g/mol. The molecule has 1 aliphatic rings. The predicted molar refractivity (Wildman–Crippen MR) is 97.8 cm³/mol. The van der Waals surface area contributed by atoms with Crippen molar-refractivity contribution < 1.29 is 23.9 Å². The lowest BCUT2D eigenvalue weighted by atomic mass is 10.1. The topological polar surface area (TPSA) is 92.8 Å². The molecule has 0 fully saturated rings. The van der Waals surface area contributed by atoms with Crippen LogP contribution in [0.5, 0.6) is 0 Å². The van der Waals surface area contributed by atoms with Gasteiger partial charge in [-0.15, -0.1) is 0 Å². The summed E-state index contributed by atoms with van der Waals surface area (Å²) in [6, 6.07) is 10.5. The number of anilines is 1. The molecule has 0 radical (unpaired) electrons. The molecule has 27 heavy (non-hydrogen) atoms. The van der Waals surface area contributed by atoms with Crippen LogP contribution >= 0.6 is 11.6 Å². The number of hydrogen-bond donors (Lipinski definition) is 1. The van der Waals surface area contributed by atoms with E-state index in [0.29, 0.717) is 16.3 Å². The van der Waals surface area contributed by atoms with Gasteiger partial charge in [-0.1, -0.05) is 11.6 Å². The number of carbonyl (C=O) groups is 4. The van der Waals surface area contributed by atoms with Gasteiger partial charge in [0.05, 0.1) is 23.3 Å². The van der Waals surface area contributed by atoms with Crippen LogP contribution in [-0.4, -0.2) is 41.7 Å². The van der Waals surface area contributed by atoms with Crippen molar-refractivity contribution in [2.75, 3.05) is 18.5 Å². The first kappa shape index (κ1) is 18.6. The number of rotatable bonds is 5. The van der Waals surface area contributed by atoms with Gasteiger partial charge in [0.2, 0.25) is 5.91 Å². The minimum Gasteiger partial charge on any atom is -0.462 e. The number of nitrogens with zero attached hydrogens (tertiary/aromatic N) is 1. The predicted octanol–water partition coefficient (Wildman–Crippen LogP) is 2.75. The first-order valence-corrected chi connectivity index (χ1v) is 8.51. The van der Waals surface area contributed by atoms with E-state index in [4.69, 9.17) is 16.3 Å². The standard InChI is InChI=1S/C19H15ClN2O5/c1-2-27-19(26)11-3-6-13(7-4-11)21-16(23)10-22-17(24)14-8-5-12(20)9-15(14)18(22)25/h3-9H,2,10H2,1H3,(H,21,23). The van der Waals surface area contributed by atoms with Crippen LogP contribution in [0.15, 0.2) is 42.5 Å². The SMILES string of the molecule is CCOC(=O)c1ccc(NC(=O)CN2C(=O)c3ccc(Cl)cc3C2=O)cc1. The summed E-state index contributed by atoms with van der Waals surface area (Å²) in [5.41, 5.74) is 1.18. The van der Waals surface area contributed by atoms with Crippen LogP contribution in [0.4, 0.5) is 5.69 Å². The van der Waals surface area contributed by atoms with Crippen molar-refractivity contribution in [3.8, 4) is 0 Å². The zero-order valence-electron chi connectivity index (χ0n) is 14.3. The zero-order chi connectivity index (χ0) is 19.6. The quantitative estimate of drug-likeness (QED) is 0.630. The molecule has 0 atom stereocenters. The van der Waals surface area contributed by atoms with Crippen LogP contribution in [0.2, 0.25) is 5.02 Å². The van der Waals surface area contributed by atoms with Crippen molar-refractivity contribution >= 4 is 41.0 Å². The van der Waals surface area contributed by atoms with Crippen LogP contribution in [0, 0.1) is 0 Å². The molecule has 0 unspecified atom stereocenters. The van der Waals surface area contributed by atoms with Gasteiger partial charge in [0.25, 0.3) is 11.8 Å². The summed E-state index contributed by atoms with van der Waals surface area (Å²) >= 11 is 5.86. The van der Waals surface area contributed by atoms with Crippen molar-refractivity contribution in [3.63, 3.8) is 0 Å². The van der Waals surface area contributed by atoms with Gasteiger partial charge in [-0.3, -0.25) is 19.3 Å². The third-order valence-electron chi connectivity index (χ3n) is 3.91. The number of nitrogens with one attached hydrogen (secondary N) is 1. The summed E-state index contributed by atoms with van der Waals surface area (Å²) in [4.78, 5) is 49.4. The Kier molecular flexibility index (Phi) is 5.23. The number of benzene rings is 2. The maximum atomic E-state index is 12.3. The third kappa shape index (κ3) is 3.83. The highest BCUT2D eigenvalue weighted by Gasteiger charge is 2.36. The summed E-state index contributed by atoms with van der Waals surface area (Å²) < 4.78 is 4.88. The van der Waals surface area contributed by atoms with Gasteiger partial charge >= 0.3 is 5.97 Å².